The quantitative estimate of drug-likeness (QED) is 0.203. The molecule has 7 heteroatoms. The van der Waals surface area contributed by atoms with Gasteiger partial charge in [0.15, 0.2) is 0 Å². The molecule has 0 aromatic carbocycles. The van der Waals surface area contributed by atoms with Crippen molar-refractivity contribution in [1.29, 1.82) is 0 Å². The zero-order chi connectivity index (χ0) is 5.41. The minimum Gasteiger partial charge on any atom is -0.734 e. The van der Waals surface area contributed by atoms with Gasteiger partial charge < -0.3 is 31.1 Å². The van der Waals surface area contributed by atoms with E-state index in [4.69, 9.17) is 21.0 Å². The smallest absolute Gasteiger partial charge is 0.734 e. The first-order valence-electron chi connectivity index (χ1n) is 0.667. The second-order valence-corrected chi connectivity index (χ2v) is 0.136. The first-order chi connectivity index (χ1) is 2.83. The normalized spacial score (nSPS) is 5.14. The van der Waals surface area contributed by atoms with Crippen LogP contribution in [0.3, 0.4) is 0 Å². The summed E-state index contributed by atoms with van der Waals surface area (Å²) in [5, 5.41) is 35.0. The molecular formula is GeO6. The Morgan fingerprint density at radius 3 is 0.714 bits per heavy atom. The van der Waals surface area contributed by atoms with Gasteiger partial charge in [0.05, 0.1) is 0 Å². The van der Waals surface area contributed by atoms with E-state index in [2.05, 4.69) is 0 Å². The average molecular weight is 169 g/mol. The third kappa shape index (κ3) is 1270. The van der Waals surface area contributed by atoms with Crippen LogP contribution in [0.2, 0.25) is 0 Å². The van der Waals surface area contributed by atoms with Gasteiger partial charge in [0.25, 0.3) is 0 Å². The van der Waals surface area contributed by atoms with Gasteiger partial charge in [0, 0.05) is 0 Å². The molecule has 0 heterocycles. The third-order valence-corrected chi connectivity index (χ3v) is 0. The van der Waals surface area contributed by atoms with Gasteiger partial charge in [-0.15, -0.1) is 0 Å². The van der Waals surface area contributed by atoms with E-state index in [0.29, 0.717) is 0 Å². The summed E-state index contributed by atoms with van der Waals surface area (Å²) in [5.74, 6) is 0. The molecule has 0 aromatic heterocycles. The van der Waals surface area contributed by atoms with E-state index < -0.39 is 0 Å². The van der Waals surface area contributed by atoms with Crippen molar-refractivity contribution in [3.05, 3.63) is 0 Å². The van der Waals surface area contributed by atoms with E-state index in [0.717, 1.165) is 0 Å². The van der Waals surface area contributed by atoms with Crippen molar-refractivity contribution in [3.8, 4) is 0 Å². The topological polar surface area (TPSA) is 111 Å². The Hall–Kier alpha value is 0.303. The number of hydrogen-bond donors (Lipinski definition) is 0. The van der Waals surface area contributed by atoms with Crippen molar-refractivity contribution in [3.63, 3.8) is 0 Å². The summed E-state index contributed by atoms with van der Waals surface area (Å²) in [4.78, 5) is 0. The summed E-state index contributed by atoms with van der Waals surface area (Å²) in [7, 11) is 0. The molecule has 0 amide bonds. The summed E-state index contributed by atoms with van der Waals surface area (Å²) < 4.78 is 0. The average Bonchev–Trinajstić information content (AvgIpc) is 1.39. The van der Waals surface area contributed by atoms with E-state index in [9.17, 15) is 0 Å². The van der Waals surface area contributed by atoms with E-state index in [1.165, 1.54) is 0 Å². The Labute approximate surface area is 49.6 Å². The van der Waals surface area contributed by atoms with Crippen molar-refractivity contribution in [2.24, 2.45) is 0 Å². The van der Waals surface area contributed by atoms with Crippen molar-refractivity contribution in [1.82, 2.24) is 0 Å². The Balaban J connectivity index is -0.0000000400. The Morgan fingerprint density at radius 2 is 0.714 bits per heavy atom. The number of rotatable bonds is 0. The first-order valence-corrected chi connectivity index (χ1v) is 0.667. The molecule has 0 bridgehead atoms. The minimum atomic E-state index is 0. The van der Waals surface area contributed by atoms with Crippen LogP contribution in [0.15, 0.2) is 0 Å². The molecule has 0 unspecified atom stereocenters. The molecule has 0 saturated heterocycles. The van der Waals surface area contributed by atoms with Crippen LogP contribution in [0.25, 0.3) is 0 Å². The fourth-order valence-corrected chi connectivity index (χ4v) is 0. The maximum absolute atomic E-state index is 7.88. The van der Waals surface area contributed by atoms with Gasteiger partial charge >= 0.3 is 17.6 Å². The predicted molar refractivity (Wildman–Crippen MR) is 7.92 cm³/mol. The maximum Gasteiger partial charge on any atom is 4.00 e. The second kappa shape index (κ2) is 33.4. The largest absolute Gasteiger partial charge is 4.00 e. The van der Waals surface area contributed by atoms with Crippen LogP contribution < -0.4 is 21.0 Å². The molecule has 0 N–H and O–H groups in total. The van der Waals surface area contributed by atoms with Gasteiger partial charge in [-0.25, -0.2) is 0 Å². The van der Waals surface area contributed by atoms with Crippen LogP contribution in [0.4, 0.5) is 0 Å². The monoisotopic (exact) mass is 170 g/mol. The molecule has 0 aliphatic heterocycles. The van der Waals surface area contributed by atoms with E-state index in [-0.39, 0.29) is 17.6 Å². The van der Waals surface area contributed by atoms with Gasteiger partial charge in [-0.3, -0.25) is 0 Å². The predicted octanol–water partition coefficient (Wildman–Crippen LogP) is -5.27. The Kier molecular flexibility index (Phi) is 74.8. The van der Waals surface area contributed by atoms with Crippen LogP contribution in [0.5, 0.6) is 0 Å². The number of hydrogen-bond acceptors (Lipinski definition) is 6. The molecule has 0 spiro atoms. The zero-order valence-corrected chi connectivity index (χ0v) is 5.05. The van der Waals surface area contributed by atoms with Gasteiger partial charge in [-0.1, -0.05) is 0 Å². The Bertz CT molecular complexity index is 6.14. The maximum atomic E-state index is 7.88. The summed E-state index contributed by atoms with van der Waals surface area (Å²) in [6.07, 6.45) is 0. The third-order valence-electron chi connectivity index (χ3n) is 0. The summed E-state index contributed by atoms with van der Waals surface area (Å²) >= 11 is 0. The molecule has 0 atom stereocenters. The van der Waals surface area contributed by atoms with Crippen LogP contribution in [-0.4, -0.2) is 17.6 Å². The molecule has 7 heavy (non-hydrogen) atoms. The van der Waals surface area contributed by atoms with Gasteiger partial charge in [0.2, 0.25) is 0 Å². The molecule has 0 aliphatic rings. The molecular weight excluding hydrogens is 169 g/mol. The standard InChI is InChI=1S/Ge.2H2O3/c;2*1-3-2/h;2*1-2H/q+4;;/p-4. The second-order valence-electron chi connectivity index (χ2n) is 0.136. The van der Waals surface area contributed by atoms with E-state index in [1.807, 2.05) is 0 Å². The molecule has 0 aromatic rings. The van der Waals surface area contributed by atoms with Crippen LogP contribution in [0, 0.1) is 0 Å². The van der Waals surface area contributed by atoms with Crippen molar-refractivity contribution in [2.45, 2.75) is 0 Å². The fourth-order valence-electron chi connectivity index (χ4n) is 0. The summed E-state index contributed by atoms with van der Waals surface area (Å²) in [5.41, 5.74) is 0. The minimum absolute atomic E-state index is 0. The Morgan fingerprint density at radius 1 is 0.714 bits per heavy atom. The van der Waals surface area contributed by atoms with Crippen molar-refractivity contribution < 1.29 is 31.1 Å². The molecule has 0 aliphatic carbocycles. The SMILES string of the molecule is [Ge+4].[O-]O[O-].[O-]O[O-]. The molecule has 0 rings (SSSR count). The van der Waals surface area contributed by atoms with Gasteiger partial charge in [-0.2, -0.15) is 0 Å². The van der Waals surface area contributed by atoms with Gasteiger partial charge in [0.1, 0.15) is 0 Å². The first kappa shape index (κ1) is 15.7. The van der Waals surface area contributed by atoms with E-state index >= 15 is 0 Å². The van der Waals surface area contributed by atoms with E-state index in [1.54, 1.807) is 10.1 Å². The molecule has 0 radical (unpaired) electrons. The van der Waals surface area contributed by atoms with Crippen LogP contribution in [0.1, 0.15) is 0 Å². The van der Waals surface area contributed by atoms with Gasteiger partial charge in [-0.05, 0) is 0 Å². The molecule has 40 valence electrons. The van der Waals surface area contributed by atoms with Crippen LogP contribution in [-0.2, 0) is 10.1 Å². The van der Waals surface area contributed by atoms with Crippen LogP contribution >= 0.6 is 0 Å². The fraction of sp³-hybridized carbons (Fsp3) is 0. The molecule has 6 nitrogen and oxygen atoms in total. The molecule has 0 saturated carbocycles. The molecule has 0 fully saturated rings. The summed E-state index contributed by atoms with van der Waals surface area (Å²) in [6, 6.07) is 0. The zero-order valence-electron chi connectivity index (χ0n) is 2.95. The van der Waals surface area contributed by atoms with Crippen molar-refractivity contribution in [2.75, 3.05) is 0 Å². The van der Waals surface area contributed by atoms with Crippen molar-refractivity contribution >= 4 is 17.6 Å². The summed E-state index contributed by atoms with van der Waals surface area (Å²) in [6.45, 7) is 0.